The minimum absolute atomic E-state index is 0.222. The Bertz CT molecular complexity index is 501. The molecule has 98 valence electrons. The van der Waals surface area contributed by atoms with Gasteiger partial charge >= 0.3 is 0 Å². The summed E-state index contributed by atoms with van der Waals surface area (Å²) in [7, 11) is 2.05. The lowest BCUT2D eigenvalue weighted by molar-refractivity contribution is 0.384. The molecule has 0 amide bonds. The van der Waals surface area contributed by atoms with E-state index in [1.54, 1.807) is 11.3 Å². The summed E-state index contributed by atoms with van der Waals surface area (Å²) in [6.07, 6.45) is 5.43. The van der Waals surface area contributed by atoms with Gasteiger partial charge < -0.3 is 0 Å². The largest absolute Gasteiger partial charge is 0.271 e. The Morgan fingerprint density at radius 1 is 1.39 bits per heavy atom. The first-order valence-corrected chi connectivity index (χ1v) is 7.42. The topological polar surface area (TPSA) is 30.7 Å². The molecule has 4 heteroatoms. The Balaban J connectivity index is 2.40. The maximum atomic E-state index is 4.64. The summed E-state index contributed by atoms with van der Waals surface area (Å²) in [6, 6.07) is 2.23. The lowest BCUT2D eigenvalue weighted by Crippen LogP contribution is -2.24. The monoisotopic (exact) mass is 263 g/mol. The summed E-state index contributed by atoms with van der Waals surface area (Å²) >= 11 is 1.64. The van der Waals surface area contributed by atoms with Crippen LogP contribution in [0.3, 0.4) is 0 Å². The van der Waals surface area contributed by atoms with Crippen molar-refractivity contribution in [1.82, 2.24) is 14.8 Å². The van der Waals surface area contributed by atoms with Gasteiger partial charge in [-0.3, -0.25) is 9.67 Å². The van der Waals surface area contributed by atoms with E-state index in [0.29, 0.717) is 0 Å². The molecule has 0 spiro atoms. The third-order valence-electron chi connectivity index (χ3n) is 3.77. The van der Waals surface area contributed by atoms with Crippen molar-refractivity contribution < 1.29 is 0 Å². The number of aromatic nitrogens is 3. The van der Waals surface area contributed by atoms with Crippen molar-refractivity contribution >= 4 is 11.3 Å². The van der Waals surface area contributed by atoms with E-state index in [0.717, 1.165) is 17.0 Å². The second kappa shape index (κ2) is 5.22. The highest BCUT2D eigenvalue weighted by Crippen LogP contribution is 2.34. The molecule has 0 radical (unpaired) electrons. The highest BCUT2D eigenvalue weighted by atomic mass is 32.1. The van der Waals surface area contributed by atoms with Gasteiger partial charge in [0.15, 0.2) is 0 Å². The fraction of sp³-hybridized carbons (Fsp3) is 0.571. The predicted molar refractivity (Wildman–Crippen MR) is 76.9 cm³/mol. The average Bonchev–Trinajstić information content (AvgIpc) is 2.97. The molecule has 2 rings (SSSR count). The maximum Gasteiger partial charge on any atom is 0.104 e. The van der Waals surface area contributed by atoms with Gasteiger partial charge in [-0.15, -0.1) is 11.3 Å². The van der Waals surface area contributed by atoms with Gasteiger partial charge in [0, 0.05) is 24.4 Å². The third kappa shape index (κ3) is 2.34. The number of thiazole rings is 1. The van der Waals surface area contributed by atoms with Crippen molar-refractivity contribution in [2.24, 2.45) is 7.05 Å². The zero-order chi connectivity index (χ0) is 13.2. The molecule has 2 heterocycles. The predicted octanol–water partition coefficient (Wildman–Crippen LogP) is 4.01. The molecule has 0 fully saturated rings. The van der Waals surface area contributed by atoms with Crippen LogP contribution in [0.15, 0.2) is 17.8 Å². The molecular formula is C14H21N3S. The Morgan fingerprint density at radius 3 is 2.72 bits per heavy atom. The highest BCUT2D eigenvalue weighted by molar-refractivity contribution is 7.13. The minimum Gasteiger partial charge on any atom is -0.271 e. The molecule has 3 nitrogen and oxygen atoms in total. The van der Waals surface area contributed by atoms with E-state index in [2.05, 4.69) is 36.9 Å². The zero-order valence-corrected chi connectivity index (χ0v) is 12.4. The van der Waals surface area contributed by atoms with Gasteiger partial charge in [0.1, 0.15) is 5.69 Å². The van der Waals surface area contributed by atoms with Crippen molar-refractivity contribution in [2.45, 2.75) is 45.4 Å². The van der Waals surface area contributed by atoms with Crippen molar-refractivity contribution in [3.63, 3.8) is 0 Å². The number of aryl methyl sites for hydroxylation is 1. The summed E-state index contributed by atoms with van der Waals surface area (Å²) in [6.45, 7) is 6.84. The van der Waals surface area contributed by atoms with Crippen LogP contribution in [-0.2, 0) is 12.5 Å². The van der Waals surface area contributed by atoms with Crippen LogP contribution in [-0.4, -0.2) is 14.8 Å². The fourth-order valence-electron chi connectivity index (χ4n) is 2.53. The summed E-state index contributed by atoms with van der Waals surface area (Å²) in [5.41, 5.74) is 4.45. The molecule has 0 bridgehead atoms. The second-order valence-electron chi connectivity index (χ2n) is 5.07. The van der Waals surface area contributed by atoms with E-state index >= 15 is 0 Å². The molecule has 0 aliphatic heterocycles. The molecule has 2 aromatic heterocycles. The molecule has 1 atom stereocenters. The summed E-state index contributed by atoms with van der Waals surface area (Å²) in [4.78, 5) is 5.27. The summed E-state index contributed by atoms with van der Waals surface area (Å²) < 4.78 is 2.04. The molecule has 18 heavy (non-hydrogen) atoms. The van der Waals surface area contributed by atoms with Crippen molar-refractivity contribution in [2.75, 3.05) is 0 Å². The molecule has 1 unspecified atom stereocenters. The Kier molecular flexibility index (Phi) is 3.85. The van der Waals surface area contributed by atoms with Gasteiger partial charge in [-0.05, 0) is 18.9 Å². The number of hydrogen-bond acceptors (Lipinski definition) is 3. The van der Waals surface area contributed by atoms with Crippen LogP contribution in [0.2, 0.25) is 0 Å². The van der Waals surface area contributed by atoms with E-state index in [1.807, 2.05) is 23.4 Å². The standard InChI is InChI=1S/C14H21N3S/c1-5-7-14(3,6-2)13-8-11(16-17(13)4)12-9-15-10-18-12/h8-10H,5-7H2,1-4H3. The molecule has 0 saturated carbocycles. The van der Waals surface area contributed by atoms with Crippen LogP contribution >= 0.6 is 11.3 Å². The smallest absolute Gasteiger partial charge is 0.104 e. The normalized spacial score (nSPS) is 14.7. The molecule has 0 N–H and O–H groups in total. The minimum atomic E-state index is 0.222. The number of hydrogen-bond donors (Lipinski definition) is 0. The lowest BCUT2D eigenvalue weighted by Gasteiger charge is -2.27. The lowest BCUT2D eigenvalue weighted by atomic mass is 9.79. The van der Waals surface area contributed by atoms with E-state index in [4.69, 9.17) is 0 Å². The van der Waals surface area contributed by atoms with Crippen molar-refractivity contribution in [3.8, 4) is 10.6 Å². The first-order chi connectivity index (χ1) is 8.60. The van der Waals surface area contributed by atoms with Crippen LogP contribution in [0.4, 0.5) is 0 Å². The molecular weight excluding hydrogens is 242 g/mol. The SMILES string of the molecule is CCCC(C)(CC)c1cc(-c2cncs2)nn1C. The first-order valence-electron chi connectivity index (χ1n) is 6.54. The van der Waals surface area contributed by atoms with Crippen molar-refractivity contribution in [1.29, 1.82) is 0 Å². The quantitative estimate of drug-likeness (QED) is 0.816. The summed E-state index contributed by atoms with van der Waals surface area (Å²) in [5.74, 6) is 0. The second-order valence-corrected chi connectivity index (χ2v) is 5.95. The first kappa shape index (κ1) is 13.3. The fourth-order valence-corrected chi connectivity index (χ4v) is 3.11. The van der Waals surface area contributed by atoms with Gasteiger partial charge in [-0.1, -0.05) is 27.2 Å². The molecule has 0 aromatic carbocycles. The van der Waals surface area contributed by atoms with Gasteiger partial charge in [-0.2, -0.15) is 5.10 Å². The van der Waals surface area contributed by atoms with E-state index in [-0.39, 0.29) is 5.41 Å². The molecule has 0 aliphatic rings. The van der Waals surface area contributed by atoms with E-state index in [1.165, 1.54) is 18.5 Å². The molecule has 0 aliphatic carbocycles. The van der Waals surface area contributed by atoms with Crippen LogP contribution in [0.1, 0.15) is 45.7 Å². The van der Waals surface area contributed by atoms with Crippen molar-refractivity contribution in [3.05, 3.63) is 23.5 Å². The van der Waals surface area contributed by atoms with Crippen LogP contribution in [0.5, 0.6) is 0 Å². The Hall–Kier alpha value is -1.16. The van der Waals surface area contributed by atoms with Gasteiger partial charge in [0.25, 0.3) is 0 Å². The van der Waals surface area contributed by atoms with Crippen LogP contribution in [0, 0.1) is 0 Å². The zero-order valence-electron chi connectivity index (χ0n) is 11.6. The molecule has 2 aromatic rings. The average molecular weight is 263 g/mol. The maximum absolute atomic E-state index is 4.64. The Labute approximate surface area is 113 Å². The van der Waals surface area contributed by atoms with E-state index in [9.17, 15) is 0 Å². The van der Waals surface area contributed by atoms with Gasteiger partial charge in [0.2, 0.25) is 0 Å². The third-order valence-corrected chi connectivity index (χ3v) is 4.56. The number of nitrogens with zero attached hydrogens (tertiary/aromatic N) is 3. The number of rotatable bonds is 5. The van der Waals surface area contributed by atoms with Crippen LogP contribution in [0.25, 0.3) is 10.6 Å². The van der Waals surface area contributed by atoms with E-state index < -0.39 is 0 Å². The molecule has 0 saturated heterocycles. The van der Waals surface area contributed by atoms with Gasteiger partial charge in [-0.25, -0.2) is 0 Å². The highest BCUT2D eigenvalue weighted by Gasteiger charge is 2.27. The Morgan fingerprint density at radius 2 is 2.17 bits per heavy atom. The van der Waals surface area contributed by atoms with Crippen LogP contribution < -0.4 is 0 Å². The summed E-state index contributed by atoms with van der Waals surface area (Å²) in [5, 5.41) is 4.64. The van der Waals surface area contributed by atoms with Gasteiger partial charge in [0.05, 0.1) is 10.4 Å².